The lowest BCUT2D eigenvalue weighted by Crippen LogP contribution is -2.55. The van der Waals surface area contributed by atoms with Gasteiger partial charge in [0.05, 0.1) is 0 Å². The van der Waals surface area contributed by atoms with Gasteiger partial charge in [0, 0.05) is 18.2 Å². The van der Waals surface area contributed by atoms with Crippen LogP contribution in [0.25, 0.3) is 0 Å². The summed E-state index contributed by atoms with van der Waals surface area (Å²) in [6.45, 7) is 12.7. The molecule has 3 rings (SSSR count). The van der Waals surface area contributed by atoms with Crippen molar-refractivity contribution in [1.82, 2.24) is 10.2 Å². The first-order valence-electron chi connectivity index (χ1n) is 14.3. The van der Waals surface area contributed by atoms with Crippen LogP contribution in [0.4, 0.5) is 10.5 Å². The molecule has 0 aliphatic heterocycles. The number of phenolic OH excluding ortho intramolecular Hbond substituents is 1. The highest BCUT2D eigenvalue weighted by molar-refractivity contribution is 5.99. The van der Waals surface area contributed by atoms with Gasteiger partial charge in [-0.1, -0.05) is 61.5 Å². The molecule has 3 aromatic carbocycles. The molecule has 0 spiro atoms. The van der Waals surface area contributed by atoms with Gasteiger partial charge in [-0.25, -0.2) is 4.79 Å². The van der Waals surface area contributed by atoms with Crippen molar-refractivity contribution in [2.75, 3.05) is 5.32 Å². The smallest absolute Gasteiger partial charge is 0.408 e. The number of anilines is 1. The summed E-state index contributed by atoms with van der Waals surface area (Å²) in [5.41, 5.74) is 2.71. The Morgan fingerprint density at radius 1 is 0.929 bits per heavy atom. The van der Waals surface area contributed by atoms with Crippen molar-refractivity contribution in [1.29, 1.82) is 0 Å². The Kier molecular flexibility index (Phi) is 10.8. The molecule has 42 heavy (non-hydrogen) atoms. The summed E-state index contributed by atoms with van der Waals surface area (Å²) in [4.78, 5) is 43.2. The van der Waals surface area contributed by atoms with Gasteiger partial charge in [0.2, 0.25) is 5.91 Å². The Bertz CT molecular complexity index is 1380. The van der Waals surface area contributed by atoms with Gasteiger partial charge < -0.3 is 25.4 Å². The highest BCUT2D eigenvalue weighted by atomic mass is 16.6. The van der Waals surface area contributed by atoms with E-state index in [9.17, 15) is 19.5 Å². The zero-order valence-electron chi connectivity index (χ0n) is 25.6. The summed E-state index contributed by atoms with van der Waals surface area (Å²) in [6, 6.07) is 19.3. The first-order valence-corrected chi connectivity index (χ1v) is 14.3. The minimum atomic E-state index is -1.05. The normalized spacial score (nSPS) is 13.4. The molecule has 0 aliphatic rings. The van der Waals surface area contributed by atoms with E-state index in [0.29, 0.717) is 23.2 Å². The molecule has 3 N–H and O–H groups in total. The van der Waals surface area contributed by atoms with E-state index in [1.165, 1.54) is 6.07 Å². The van der Waals surface area contributed by atoms with Gasteiger partial charge in [0.15, 0.2) is 0 Å². The molecular formula is C34H43N3O5. The quantitative estimate of drug-likeness (QED) is 0.258. The van der Waals surface area contributed by atoms with Crippen LogP contribution in [-0.2, 0) is 20.7 Å². The van der Waals surface area contributed by atoms with Crippen molar-refractivity contribution < 1.29 is 24.2 Å². The summed E-state index contributed by atoms with van der Waals surface area (Å²) in [5, 5.41) is 16.0. The number of phenols is 1. The van der Waals surface area contributed by atoms with Crippen LogP contribution in [-0.4, -0.2) is 45.6 Å². The number of aromatic hydroxyl groups is 1. The lowest BCUT2D eigenvalue weighted by atomic mass is 9.96. The fourth-order valence-electron chi connectivity index (χ4n) is 4.68. The monoisotopic (exact) mass is 573 g/mol. The van der Waals surface area contributed by atoms with Crippen molar-refractivity contribution in [3.63, 3.8) is 0 Å². The molecule has 0 heterocycles. The molecule has 3 aromatic rings. The van der Waals surface area contributed by atoms with Crippen LogP contribution in [0.15, 0.2) is 72.8 Å². The van der Waals surface area contributed by atoms with E-state index in [1.807, 2.05) is 75.4 Å². The van der Waals surface area contributed by atoms with E-state index in [1.54, 1.807) is 44.7 Å². The minimum Gasteiger partial charge on any atom is -0.508 e. The Morgan fingerprint density at radius 2 is 1.57 bits per heavy atom. The van der Waals surface area contributed by atoms with Crippen molar-refractivity contribution in [3.05, 3.63) is 95.1 Å². The number of benzene rings is 3. The minimum absolute atomic E-state index is 0.0896. The number of alkyl carbamates (subject to hydrolysis) is 1. The third-order valence-corrected chi connectivity index (χ3v) is 7.06. The average Bonchev–Trinajstić information content (AvgIpc) is 2.93. The summed E-state index contributed by atoms with van der Waals surface area (Å²) in [5.74, 6) is -0.736. The second-order valence-electron chi connectivity index (χ2n) is 11.6. The Hall–Kier alpha value is -4.33. The fraction of sp³-hybridized carbons (Fsp3) is 0.382. The molecular weight excluding hydrogens is 530 g/mol. The molecule has 0 fully saturated rings. The third-order valence-electron chi connectivity index (χ3n) is 7.06. The van der Waals surface area contributed by atoms with Gasteiger partial charge in [-0.3, -0.25) is 9.59 Å². The van der Waals surface area contributed by atoms with Crippen LogP contribution in [0.2, 0.25) is 0 Å². The molecule has 0 saturated heterocycles. The number of aryl methyl sites for hydroxylation is 2. The molecule has 0 aromatic heterocycles. The van der Waals surface area contributed by atoms with Crippen LogP contribution < -0.4 is 10.6 Å². The summed E-state index contributed by atoms with van der Waals surface area (Å²) in [6.07, 6.45) is 0.0379. The van der Waals surface area contributed by atoms with E-state index >= 15 is 0 Å². The Labute approximate surface area is 249 Å². The Balaban J connectivity index is 2.11. The number of hydrogen-bond donors (Lipinski definition) is 3. The van der Waals surface area contributed by atoms with E-state index < -0.39 is 35.6 Å². The topological polar surface area (TPSA) is 108 Å². The van der Waals surface area contributed by atoms with Crippen LogP contribution in [0, 0.1) is 13.8 Å². The molecule has 224 valence electrons. The molecule has 0 saturated carbocycles. The number of nitrogens with zero attached hydrogens (tertiary/aromatic N) is 1. The van der Waals surface area contributed by atoms with Gasteiger partial charge in [-0.05, 0) is 88.4 Å². The average molecular weight is 574 g/mol. The van der Waals surface area contributed by atoms with Gasteiger partial charge in [0.25, 0.3) is 5.91 Å². The van der Waals surface area contributed by atoms with Gasteiger partial charge in [-0.15, -0.1) is 0 Å². The lowest BCUT2D eigenvalue weighted by molar-refractivity contribution is -0.143. The largest absolute Gasteiger partial charge is 0.508 e. The number of carbonyl (C=O) groups excluding carboxylic acids is 3. The number of ether oxygens (including phenoxy) is 1. The zero-order chi connectivity index (χ0) is 31.0. The summed E-state index contributed by atoms with van der Waals surface area (Å²) < 4.78 is 5.51. The molecule has 8 heteroatoms. The van der Waals surface area contributed by atoms with E-state index in [0.717, 1.165) is 11.1 Å². The van der Waals surface area contributed by atoms with Crippen molar-refractivity contribution in [3.8, 4) is 5.75 Å². The molecule has 0 aliphatic carbocycles. The van der Waals surface area contributed by atoms with E-state index in [-0.39, 0.29) is 18.2 Å². The van der Waals surface area contributed by atoms with Gasteiger partial charge in [-0.2, -0.15) is 0 Å². The third kappa shape index (κ3) is 8.59. The number of amides is 3. The summed E-state index contributed by atoms with van der Waals surface area (Å²) >= 11 is 0. The molecule has 3 atom stereocenters. The van der Waals surface area contributed by atoms with E-state index in [2.05, 4.69) is 10.6 Å². The molecule has 3 unspecified atom stereocenters. The summed E-state index contributed by atoms with van der Waals surface area (Å²) in [7, 11) is 0. The van der Waals surface area contributed by atoms with E-state index in [4.69, 9.17) is 4.74 Å². The van der Waals surface area contributed by atoms with Crippen LogP contribution in [0.3, 0.4) is 0 Å². The maximum atomic E-state index is 14.6. The lowest BCUT2D eigenvalue weighted by Gasteiger charge is -2.38. The van der Waals surface area contributed by atoms with Crippen molar-refractivity contribution in [2.24, 2.45) is 0 Å². The first-order chi connectivity index (χ1) is 19.8. The molecule has 0 radical (unpaired) electrons. The number of rotatable bonds is 10. The highest BCUT2D eigenvalue weighted by Gasteiger charge is 2.39. The van der Waals surface area contributed by atoms with Crippen molar-refractivity contribution >= 4 is 23.6 Å². The Morgan fingerprint density at radius 3 is 2.17 bits per heavy atom. The second kappa shape index (κ2) is 14.0. The molecule has 3 amide bonds. The number of nitrogens with one attached hydrogen (secondary N) is 2. The standard InChI is InChI=1S/C34H43N3O5/c1-8-24(4)37(32(40)28(21-25-15-10-9-11-16-25)36-33(41)42-34(5,6)7)30(26-18-19-29(38)23(3)20-26)31(39)35-27-17-13-12-14-22(27)2/h9-20,24,28,30,38H,8,21H2,1-7H3,(H,35,39)(H,36,41). The van der Waals surface area contributed by atoms with Crippen LogP contribution in [0.1, 0.15) is 69.3 Å². The molecule has 8 nitrogen and oxygen atoms in total. The zero-order valence-corrected chi connectivity index (χ0v) is 25.6. The maximum absolute atomic E-state index is 14.6. The predicted octanol–water partition coefficient (Wildman–Crippen LogP) is 6.45. The van der Waals surface area contributed by atoms with Crippen LogP contribution >= 0.6 is 0 Å². The van der Waals surface area contributed by atoms with Gasteiger partial charge >= 0.3 is 6.09 Å². The number of carbonyl (C=O) groups is 3. The van der Waals surface area contributed by atoms with Gasteiger partial charge in [0.1, 0.15) is 23.4 Å². The predicted molar refractivity (Wildman–Crippen MR) is 165 cm³/mol. The first kappa shape index (κ1) is 32.2. The second-order valence-corrected chi connectivity index (χ2v) is 11.6. The molecule has 0 bridgehead atoms. The van der Waals surface area contributed by atoms with Crippen molar-refractivity contribution in [2.45, 2.75) is 85.0 Å². The number of para-hydroxylation sites is 1. The van der Waals surface area contributed by atoms with Crippen LogP contribution in [0.5, 0.6) is 5.75 Å². The fourth-order valence-corrected chi connectivity index (χ4v) is 4.68. The maximum Gasteiger partial charge on any atom is 0.408 e. The SMILES string of the molecule is CCC(C)N(C(=O)C(Cc1ccccc1)NC(=O)OC(C)(C)C)C(C(=O)Nc1ccccc1C)c1ccc(O)c(C)c1. The number of hydrogen-bond acceptors (Lipinski definition) is 5. The highest BCUT2D eigenvalue weighted by Crippen LogP contribution is 2.31.